The molecule has 17 heteroatoms. The second kappa shape index (κ2) is 17.7. The molecule has 3 atom stereocenters. The second-order valence-corrected chi connectivity index (χ2v) is 12.3. The lowest BCUT2D eigenvalue weighted by Gasteiger charge is -2.26. The smallest absolute Gasteiger partial charge is 0.408 e. The number of anilines is 1. The molecule has 17 nitrogen and oxygen atoms in total. The van der Waals surface area contributed by atoms with Gasteiger partial charge in [-0.1, -0.05) is 13.8 Å². The number of amides is 5. The van der Waals surface area contributed by atoms with Gasteiger partial charge < -0.3 is 52.3 Å². The fraction of sp³-hybridized carbons (Fsp3) is 0.516. The lowest BCUT2D eigenvalue weighted by molar-refractivity contribution is -0.132. The van der Waals surface area contributed by atoms with Gasteiger partial charge in [0, 0.05) is 29.8 Å². The Balaban J connectivity index is 2.06. The van der Waals surface area contributed by atoms with Crippen molar-refractivity contribution in [3.63, 3.8) is 0 Å². The molecule has 0 radical (unpaired) electrons. The Morgan fingerprint density at radius 2 is 1.67 bits per heavy atom. The van der Waals surface area contributed by atoms with E-state index in [2.05, 4.69) is 31.6 Å². The summed E-state index contributed by atoms with van der Waals surface area (Å²) in [7, 11) is 0. The van der Waals surface area contributed by atoms with Crippen LogP contribution in [0.3, 0.4) is 0 Å². The summed E-state index contributed by atoms with van der Waals surface area (Å²) < 4.78 is 10.4. The normalized spacial score (nSPS) is 13.1. The molecule has 1 aromatic heterocycles. The molecule has 1 heterocycles. The number of hydrogen-bond donors (Lipinski definition) is 8. The van der Waals surface area contributed by atoms with Crippen LogP contribution in [-0.4, -0.2) is 84.2 Å². The first-order valence-corrected chi connectivity index (χ1v) is 15.3. The van der Waals surface area contributed by atoms with E-state index in [-0.39, 0.29) is 24.5 Å². The first kappa shape index (κ1) is 39.0. The summed E-state index contributed by atoms with van der Waals surface area (Å²) in [6, 6.07) is 2.48. The average molecular weight is 675 g/mol. The number of ether oxygens (including phenoxy) is 1. The average Bonchev–Trinajstić information content (AvgIpc) is 2.97. The topological polar surface area (TPSA) is 270 Å². The van der Waals surface area contributed by atoms with Crippen molar-refractivity contribution >= 4 is 52.3 Å². The van der Waals surface area contributed by atoms with Crippen molar-refractivity contribution < 1.29 is 38.2 Å². The van der Waals surface area contributed by atoms with Gasteiger partial charge in [0.15, 0.2) is 5.96 Å². The molecule has 0 aliphatic heterocycles. The second-order valence-electron chi connectivity index (χ2n) is 12.3. The molecule has 48 heavy (non-hydrogen) atoms. The highest BCUT2D eigenvalue weighted by Crippen LogP contribution is 2.21. The monoisotopic (exact) mass is 674 g/mol. The van der Waals surface area contributed by atoms with Crippen LogP contribution in [0.4, 0.5) is 10.5 Å². The number of carbonyl (C=O) groups excluding carboxylic acids is 5. The van der Waals surface area contributed by atoms with Crippen LogP contribution in [0.5, 0.6) is 0 Å². The quantitative estimate of drug-likeness (QED) is 0.0527. The molecule has 2 rings (SSSR count). The van der Waals surface area contributed by atoms with Crippen molar-refractivity contribution in [2.24, 2.45) is 22.4 Å². The van der Waals surface area contributed by atoms with Crippen molar-refractivity contribution in [1.29, 1.82) is 0 Å². The Labute approximate surface area is 277 Å². The van der Waals surface area contributed by atoms with Crippen LogP contribution in [0.15, 0.2) is 38.5 Å². The van der Waals surface area contributed by atoms with Gasteiger partial charge in [0.1, 0.15) is 29.3 Å². The molecule has 0 aliphatic rings. The molecule has 0 aliphatic carbocycles. The number of aryl methyl sites for hydroxylation is 1. The molecule has 0 bridgehead atoms. The molecule has 0 saturated carbocycles. The maximum atomic E-state index is 13.2. The summed E-state index contributed by atoms with van der Waals surface area (Å²) in [6.45, 7) is 8.84. The minimum atomic E-state index is -1.46. The maximum Gasteiger partial charge on any atom is 0.408 e. The highest BCUT2D eigenvalue weighted by molar-refractivity contribution is 5.99. The third-order valence-corrected chi connectivity index (χ3v) is 6.68. The van der Waals surface area contributed by atoms with E-state index in [1.165, 1.54) is 12.1 Å². The predicted molar refractivity (Wildman–Crippen MR) is 178 cm³/mol. The van der Waals surface area contributed by atoms with E-state index in [1.54, 1.807) is 53.7 Å². The molecule has 0 fully saturated rings. The highest BCUT2D eigenvalue weighted by Gasteiger charge is 2.30. The van der Waals surface area contributed by atoms with E-state index in [0.717, 1.165) is 0 Å². The molecule has 1 aromatic carbocycles. The number of aliphatic hydroxyl groups excluding tert-OH is 1. The number of benzene rings is 1. The standard InChI is InChI=1S/C31H46N8O9/c1-16(2)25(39-30(46)48-31(4,5)6)28(45)38-21(15-40)26(43)35-14-23(41)37-20(8-7-11-34-29(32)33)27(44)36-18-9-10-19-17(3)12-24(42)47-22(19)13-18/h9-10,12-13,16,20-21,25,40H,7-8,11,14-15H2,1-6H3,(H,35,43)(H,36,44)(H,37,41)(H,38,45)(H,39,46)(H4,32,33,34)/t20-,21-,25-/m0/s1. The number of aliphatic hydroxyl groups is 1. The fourth-order valence-corrected chi connectivity index (χ4v) is 4.37. The number of alkyl carbamates (subject to hydrolysis) is 1. The number of nitrogens with zero attached hydrogens (tertiary/aromatic N) is 1. The highest BCUT2D eigenvalue weighted by atomic mass is 16.6. The van der Waals surface area contributed by atoms with Crippen LogP contribution < -0.4 is 43.7 Å². The van der Waals surface area contributed by atoms with Gasteiger partial charge in [-0.05, 0) is 64.2 Å². The zero-order valence-corrected chi connectivity index (χ0v) is 28.0. The molecule has 10 N–H and O–H groups in total. The van der Waals surface area contributed by atoms with Crippen LogP contribution in [0.1, 0.15) is 53.0 Å². The summed E-state index contributed by atoms with van der Waals surface area (Å²) >= 11 is 0. The first-order valence-electron chi connectivity index (χ1n) is 15.3. The van der Waals surface area contributed by atoms with E-state index < -0.39 is 78.1 Å². The molecule has 5 amide bonds. The van der Waals surface area contributed by atoms with Gasteiger partial charge in [-0.2, -0.15) is 0 Å². The van der Waals surface area contributed by atoms with Crippen molar-refractivity contribution in [3.05, 3.63) is 40.2 Å². The SMILES string of the molecule is Cc1cc(=O)oc2cc(NC(=O)[C@H](CCCN=C(N)N)NC(=O)CNC(=O)[C@H](CO)NC(=O)[C@@H](NC(=O)OC(C)(C)C)C(C)C)ccc12. The van der Waals surface area contributed by atoms with E-state index in [9.17, 15) is 33.9 Å². The van der Waals surface area contributed by atoms with Gasteiger partial charge in [-0.3, -0.25) is 24.2 Å². The Kier molecular flexibility index (Phi) is 14.3. The Hall–Kier alpha value is -5.19. The van der Waals surface area contributed by atoms with Crippen LogP contribution in [0.25, 0.3) is 11.0 Å². The number of fused-ring (bicyclic) bond motifs is 1. The molecule has 264 valence electrons. The van der Waals surface area contributed by atoms with Crippen molar-refractivity contribution in [3.8, 4) is 0 Å². The minimum Gasteiger partial charge on any atom is -0.444 e. The third-order valence-electron chi connectivity index (χ3n) is 6.68. The zero-order chi connectivity index (χ0) is 36.2. The Morgan fingerprint density at radius 3 is 2.27 bits per heavy atom. The molecular formula is C31H46N8O9. The van der Waals surface area contributed by atoms with Gasteiger partial charge in [-0.15, -0.1) is 0 Å². The largest absolute Gasteiger partial charge is 0.444 e. The number of hydrogen-bond acceptors (Lipinski definition) is 10. The maximum absolute atomic E-state index is 13.2. The van der Waals surface area contributed by atoms with Crippen LogP contribution in [0, 0.1) is 12.8 Å². The first-order chi connectivity index (χ1) is 22.4. The van der Waals surface area contributed by atoms with Gasteiger partial charge in [0.05, 0.1) is 13.2 Å². The van der Waals surface area contributed by atoms with Crippen molar-refractivity contribution in [1.82, 2.24) is 21.3 Å². The molecule has 2 aromatic rings. The number of carbonyl (C=O) groups is 5. The van der Waals surface area contributed by atoms with E-state index in [0.29, 0.717) is 23.1 Å². The predicted octanol–water partition coefficient (Wildman–Crippen LogP) is -0.279. The van der Waals surface area contributed by atoms with Gasteiger partial charge in [0.2, 0.25) is 23.6 Å². The number of guanidine groups is 1. The molecular weight excluding hydrogens is 628 g/mol. The summed E-state index contributed by atoms with van der Waals surface area (Å²) in [4.78, 5) is 79.6. The van der Waals surface area contributed by atoms with Crippen LogP contribution in [0.2, 0.25) is 0 Å². The van der Waals surface area contributed by atoms with E-state index in [1.807, 2.05) is 0 Å². The fourth-order valence-electron chi connectivity index (χ4n) is 4.37. The van der Waals surface area contributed by atoms with Crippen LogP contribution >= 0.6 is 0 Å². The summed E-state index contributed by atoms with van der Waals surface area (Å²) in [5.41, 5.74) is 10.6. The van der Waals surface area contributed by atoms with Gasteiger partial charge in [-0.25, -0.2) is 9.59 Å². The van der Waals surface area contributed by atoms with E-state index in [4.69, 9.17) is 20.6 Å². The lowest BCUT2D eigenvalue weighted by Crippen LogP contribution is -2.57. The van der Waals surface area contributed by atoms with Crippen molar-refractivity contribution in [2.75, 3.05) is 25.0 Å². The Morgan fingerprint density at radius 1 is 0.979 bits per heavy atom. The Bertz CT molecular complexity index is 1560. The number of aliphatic imine (C=N–C) groups is 1. The minimum absolute atomic E-state index is 0.112. The van der Waals surface area contributed by atoms with E-state index >= 15 is 0 Å². The van der Waals surface area contributed by atoms with Gasteiger partial charge >= 0.3 is 11.7 Å². The third kappa shape index (κ3) is 12.9. The molecule has 0 saturated heterocycles. The number of rotatable bonds is 15. The van der Waals surface area contributed by atoms with Gasteiger partial charge in [0.25, 0.3) is 0 Å². The number of nitrogens with one attached hydrogen (secondary N) is 5. The van der Waals surface area contributed by atoms with Crippen molar-refractivity contribution in [2.45, 2.75) is 78.1 Å². The summed E-state index contributed by atoms with van der Waals surface area (Å²) in [5.74, 6) is -3.54. The summed E-state index contributed by atoms with van der Waals surface area (Å²) in [6.07, 6.45) is -0.417. The summed E-state index contributed by atoms with van der Waals surface area (Å²) in [5, 5.41) is 22.8. The molecule has 0 unspecified atom stereocenters. The van der Waals surface area contributed by atoms with Crippen LogP contribution in [-0.2, 0) is 23.9 Å². The lowest BCUT2D eigenvalue weighted by atomic mass is 10.0. The zero-order valence-electron chi connectivity index (χ0n) is 28.0. The molecule has 0 spiro atoms. The number of nitrogens with two attached hydrogens (primary N) is 2.